The Morgan fingerprint density at radius 2 is 0.625 bits per heavy atom. The van der Waals surface area contributed by atoms with Crippen LogP contribution in [0.2, 0.25) is 0 Å². The summed E-state index contributed by atoms with van der Waals surface area (Å²) >= 11 is 0. The van der Waals surface area contributed by atoms with E-state index >= 15 is 0 Å². The molecular weight excluding hydrogens is 983 g/mol. The second-order valence-corrected chi connectivity index (χ2v) is 24.9. The summed E-state index contributed by atoms with van der Waals surface area (Å²) in [5, 5.41) is 23.1. The first-order valence-electron chi connectivity index (χ1n) is 36.3. The topological polar surface area (TPSA) is 95.9 Å². The summed E-state index contributed by atoms with van der Waals surface area (Å²) < 4.78 is 5.50. The molecule has 0 rings (SSSR count). The molecule has 472 valence electrons. The fourth-order valence-electron chi connectivity index (χ4n) is 11.4. The van der Waals surface area contributed by atoms with Crippen LogP contribution in [0.5, 0.6) is 0 Å². The van der Waals surface area contributed by atoms with E-state index in [-0.39, 0.29) is 18.5 Å². The van der Waals surface area contributed by atoms with Gasteiger partial charge in [0, 0.05) is 12.8 Å². The van der Waals surface area contributed by atoms with Crippen molar-refractivity contribution in [3.63, 3.8) is 0 Å². The zero-order valence-electron chi connectivity index (χ0n) is 54.1. The third-order valence-electron chi connectivity index (χ3n) is 16.9. The summed E-state index contributed by atoms with van der Waals surface area (Å²) in [7, 11) is 0. The van der Waals surface area contributed by atoms with Gasteiger partial charge >= 0.3 is 5.97 Å². The van der Waals surface area contributed by atoms with Gasteiger partial charge in [-0.25, -0.2) is 0 Å². The van der Waals surface area contributed by atoms with Crippen LogP contribution in [0.1, 0.15) is 399 Å². The highest BCUT2D eigenvalue weighted by molar-refractivity contribution is 5.76. The summed E-state index contributed by atoms with van der Waals surface area (Å²) in [6.07, 6.45) is 89.6. The van der Waals surface area contributed by atoms with Crippen molar-refractivity contribution in [2.75, 3.05) is 13.2 Å². The molecule has 6 nitrogen and oxygen atoms in total. The maximum absolute atomic E-state index is 12.5. The van der Waals surface area contributed by atoms with E-state index < -0.39 is 12.1 Å². The Balaban J connectivity index is 3.35. The molecular formula is C74H141NO5. The number of rotatable bonds is 68. The van der Waals surface area contributed by atoms with Crippen LogP contribution in [-0.2, 0) is 14.3 Å². The lowest BCUT2D eigenvalue weighted by atomic mass is 10.0. The van der Waals surface area contributed by atoms with E-state index in [1.165, 1.54) is 327 Å². The van der Waals surface area contributed by atoms with E-state index in [0.717, 1.165) is 44.9 Å². The highest BCUT2D eigenvalue weighted by atomic mass is 16.5. The predicted octanol–water partition coefficient (Wildman–Crippen LogP) is 23.5. The molecule has 2 unspecified atom stereocenters. The number of aliphatic hydroxyl groups is 2. The van der Waals surface area contributed by atoms with E-state index in [1.807, 2.05) is 6.08 Å². The van der Waals surface area contributed by atoms with Gasteiger partial charge in [0.2, 0.25) is 5.91 Å². The number of carbonyl (C=O) groups is 2. The van der Waals surface area contributed by atoms with E-state index in [0.29, 0.717) is 19.4 Å². The average Bonchev–Trinajstić information content (AvgIpc) is 3.46. The molecule has 0 aromatic heterocycles. The number of allylic oxidation sites excluding steroid dienone is 5. The van der Waals surface area contributed by atoms with Crippen molar-refractivity contribution in [1.29, 1.82) is 0 Å². The van der Waals surface area contributed by atoms with Gasteiger partial charge in [-0.05, 0) is 64.2 Å². The minimum absolute atomic E-state index is 0.0212. The third kappa shape index (κ3) is 65.2. The van der Waals surface area contributed by atoms with Crippen LogP contribution in [0.25, 0.3) is 0 Å². The molecule has 0 fully saturated rings. The molecule has 0 aromatic carbocycles. The molecule has 0 spiro atoms. The summed E-state index contributed by atoms with van der Waals surface area (Å²) in [5.41, 5.74) is 0. The Morgan fingerprint density at radius 1 is 0.350 bits per heavy atom. The number of nitrogens with one attached hydrogen (secondary N) is 1. The quantitative estimate of drug-likeness (QED) is 0.0320. The van der Waals surface area contributed by atoms with E-state index in [2.05, 4.69) is 43.5 Å². The van der Waals surface area contributed by atoms with Crippen LogP contribution in [0.3, 0.4) is 0 Å². The molecule has 1 amide bonds. The van der Waals surface area contributed by atoms with Crippen molar-refractivity contribution >= 4 is 11.9 Å². The predicted molar refractivity (Wildman–Crippen MR) is 352 cm³/mol. The van der Waals surface area contributed by atoms with Gasteiger partial charge < -0.3 is 20.3 Å². The van der Waals surface area contributed by atoms with Crippen LogP contribution in [-0.4, -0.2) is 47.4 Å². The van der Waals surface area contributed by atoms with Crippen LogP contribution >= 0.6 is 0 Å². The molecule has 0 bridgehead atoms. The lowest BCUT2D eigenvalue weighted by Gasteiger charge is -2.20. The smallest absolute Gasteiger partial charge is 0.305 e. The molecule has 0 heterocycles. The van der Waals surface area contributed by atoms with Crippen molar-refractivity contribution in [3.8, 4) is 0 Å². The third-order valence-corrected chi connectivity index (χ3v) is 16.9. The molecule has 0 aromatic rings. The van der Waals surface area contributed by atoms with Gasteiger partial charge in [0.15, 0.2) is 0 Å². The maximum atomic E-state index is 12.5. The first kappa shape index (κ1) is 78.1. The number of amides is 1. The van der Waals surface area contributed by atoms with Crippen LogP contribution in [0.4, 0.5) is 0 Å². The van der Waals surface area contributed by atoms with E-state index in [4.69, 9.17) is 4.74 Å². The van der Waals surface area contributed by atoms with Gasteiger partial charge in [-0.3, -0.25) is 9.59 Å². The molecule has 6 heteroatoms. The Labute approximate surface area is 500 Å². The van der Waals surface area contributed by atoms with Crippen LogP contribution < -0.4 is 5.32 Å². The maximum Gasteiger partial charge on any atom is 0.305 e. The summed E-state index contributed by atoms with van der Waals surface area (Å²) in [5.74, 6) is -0.0433. The fraction of sp³-hybridized carbons (Fsp3) is 0.892. The number of carbonyl (C=O) groups excluding carboxylic acids is 2. The van der Waals surface area contributed by atoms with E-state index in [1.54, 1.807) is 6.08 Å². The average molecular weight is 1120 g/mol. The molecule has 0 aliphatic carbocycles. The number of esters is 1. The SMILES string of the molecule is CCCCCCCCCCCC/C=C/C(O)C(CO)NC(=O)CCCCCCCCCCCCCCCCCCC/C=C\C/C=C\CCCCCCCCCCCCCCCOC(=O)CCCCCCCCCCCCCCCC. The molecule has 2 atom stereocenters. The number of aliphatic hydroxyl groups excluding tert-OH is 2. The van der Waals surface area contributed by atoms with Crippen LogP contribution in [0.15, 0.2) is 36.5 Å². The Kier molecular flexibility index (Phi) is 67.9. The first-order chi connectivity index (χ1) is 39.5. The normalized spacial score (nSPS) is 12.7. The van der Waals surface area contributed by atoms with Gasteiger partial charge in [-0.1, -0.05) is 359 Å². The molecule has 0 aliphatic heterocycles. The van der Waals surface area contributed by atoms with Gasteiger partial charge in [0.25, 0.3) is 0 Å². The van der Waals surface area contributed by atoms with Crippen molar-refractivity contribution < 1.29 is 24.5 Å². The van der Waals surface area contributed by atoms with Crippen molar-refractivity contribution in [3.05, 3.63) is 36.5 Å². The summed E-state index contributed by atoms with van der Waals surface area (Å²) in [6, 6.07) is -0.625. The minimum atomic E-state index is -0.841. The number of unbranched alkanes of at least 4 members (excludes halogenated alkanes) is 53. The molecule has 0 saturated heterocycles. The van der Waals surface area contributed by atoms with Gasteiger partial charge in [-0.15, -0.1) is 0 Å². The molecule has 0 radical (unpaired) electrons. The summed E-state index contributed by atoms with van der Waals surface area (Å²) in [6.45, 7) is 4.93. The first-order valence-corrected chi connectivity index (χ1v) is 36.3. The lowest BCUT2D eigenvalue weighted by Crippen LogP contribution is -2.45. The zero-order chi connectivity index (χ0) is 57.8. The largest absolute Gasteiger partial charge is 0.466 e. The number of ether oxygens (including phenoxy) is 1. The number of hydrogen-bond donors (Lipinski definition) is 3. The second-order valence-electron chi connectivity index (χ2n) is 24.9. The van der Waals surface area contributed by atoms with Gasteiger partial charge in [-0.2, -0.15) is 0 Å². The molecule has 3 N–H and O–H groups in total. The zero-order valence-corrected chi connectivity index (χ0v) is 54.1. The molecule has 0 aliphatic rings. The second kappa shape index (κ2) is 69.6. The Hall–Kier alpha value is -1.92. The van der Waals surface area contributed by atoms with E-state index in [9.17, 15) is 19.8 Å². The van der Waals surface area contributed by atoms with Crippen molar-refractivity contribution in [2.24, 2.45) is 0 Å². The van der Waals surface area contributed by atoms with Gasteiger partial charge in [0.1, 0.15) is 0 Å². The van der Waals surface area contributed by atoms with Crippen molar-refractivity contribution in [2.45, 2.75) is 411 Å². The highest BCUT2D eigenvalue weighted by Gasteiger charge is 2.18. The monoisotopic (exact) mass is 1120 g/mol. The van der Waals surface area contributed by atoms with Gasteiger partial charge in [0.05, 0.1) is 25.4 Å². The fourth-order valence-corrected chi connectivity index (χ4v) is 11.4. The van der Waals surface area contributed by atoms with Crippen molar-refractivity contribution in [1.82, 2.24) is 5.32 Å². The molecule has 0 saturated carbocycles. The Bertz CT molecular complexity index is 1300. The standard InChI is InChI=1S/C74H141NO5/c1-3-5-7-9-11-13-15-17-44-48-52-56-60-64-68-74(79)80-69-65-61-57-53-49-45-42-40-38-36-34-32-30-28-26-24-22-20-18-19-21-23-25-27-29-31-33-35-37-39-41-43-47-51-55-59-63-67-73(78)75-71(70-76)72(77)66-62-58-54-50-46-16-14-12-10-8-6-4-2/h18,20,24,26,62,66,71-72,76-77H,3-17,19,21-23,25,27-61,63-65,67-70H2,1-2H3,(H,75,78)/b20-18-,26-24-,66-62+. The lowest BCUT2D eigenvalue weighted by molar-refractivity contribution is -0.143. The van der Waals surface area contributed by atoms with Crippen LogP contribution in [0, 0.1) is 0 Å². The highest BCUT2D eigenvalue weighted by Crippen LogP contribution is 2.19. The number of hydrogen-bond acceptors (Lipinski definition) is 5. The molecule has 80 heavy (non-hydrogen) atoms. The Morgan fingerprint density at radius 3 is 0.950 bits per heavy atom. The summed E-state index contributed by atoms with van der Waals surface area (Å²) in [4.78, 5) is 24.5. The minimum Gasteiger partial charge on any atom is -0.466 e.